The van der Waals surface area contributed by atoms with Gasteiger partial charge in [0, 0.05) is 24.9 Å². The molecule has 0 radical (unpaired) electrons. The molecule has 1 atom stereocenters. The Morgan fingerprint density at radius 2 is 1.88 bits per heavy atom. The highest BCUT2D eigenvalue weighted by molar-refractivity contribution is 5.79. The van der Waals surface area contributed by atoms with Crippen molar-refractivity contribution in [3.63, 3.8) is 0 Å². The number of aromatic amines is 1. The molecule has 3 aromatic rings. The topological polar surface area (TPSA) is 96.8 Å². The fraction of sp³-hybridized carbons (Fsp3) is 0.542. The zero-order valence-electron chi connectivity index (χ0n) is 18.6. The molecule has 5 rings (SSSR count). The molecule has 1 aromatic carbocycles. The van der Waals surface area contributed by atoms with Crippen LogP contribution in [-0.4, -0.2) is 48.9 Å². The number of amides is 1. The van der Waals surface area contributed by atoms with Crippen molar-refractivity contribution in [2.45, 2.75) is 64.3 Å². The van der Waals surface area contributed by atoms with Crippen molar-refractivity contribution in [3.8, 4) is 0 Å². The van der Waals surface area contributed by atoms with E-state index >= 15 is 0 Å². The number of aryl methyl sites for hydroxylation is 1. The summed E-state index contributed by atoms with van der Waals surface area (Å²) in [5.41, 5.74) is 2.76. The van der Waals surface area contributed by atoms with E-state index in [9.17, 15) is 9.59 Å². The van der Waals surface area contributed by atoms with Crippen molar-refractivity contribution < 1.29 is 4.79 Å². The van der Waals surface area contributed by atoms with Gasteiger partial charge >= 0.3 is 0 Å². The lowest BCUT2D eigenvalue weighted by molar-refractivity contribution is -0.137. The van der Waals surface area contributed by atoms with Gasteiger partial charge in [-0.15, -0.1) is 5.10 Å². The molecule has 1 aliphatic heterocycles. The zero-order valence-corrected chi connectivity index (χ0v) is 18.6. The SMILES string of the molecule is Cc1ccc(Cn2nnc3c(=O)[nH]c([C@H]4CCCN(C(=O)C5CCCCC5)C4)nc32)cc1. The number of carbonyl (C=O) groups is 1. The van der Waals surface area contributed by atoms with Crippen LogP contribution in [0.4, 0.5) is 0 Å². The molecular formula is C24H30N6O2. The summed E-state index contributed by atoms with van der Waals surface area (Å²) in [7, 11) is 0. The number of aromatic nitrogens is 5. The second kappa shape index (κ2) is 8.84. The Morgan fingerprint density at radius 3 is 2.66 bits per heavy atom. The maximum Gasteiger partial charge on any atom is 0.281 e. The number of benzene rings is 1. The predicted molar refractivity (Wildman–Crippen MR) is 121 cm³/mol. The third kappa shape index (κ3) is 4.18. The Hall–Kier alpha value is -3.03. The van der Waals surface area contributed by atoms with E-state index in [-0.39, 0.29) is 28.8 Å². The van der Waals surface area contributed by atoms with Crippen LogP contribution in [0.3, 0.4) is 0 Å². The van der Waals surface area contributed by atoms with E-state index in [1.807, 2.05) is 17.0 Å². The number of piperidine rings is 1. The number of nitrogens with one attached hydrogen (secondary N) is 1. The van der Waals surface area contributed by atoms with Crippen LogP contribution in [-0.2, 0) is 11.3 Å². The number of likely N-dealkylation sites (tertiary alicyclic amines) is 1. The Kier molecular flexibility index (Phi) is 5.76. The summed E-state index contributed by atoms with van der Waals surface area (Å²) >= 11 is 0. The quantitative estimate of drug-likeness (QED) is 0.680. The molecule has 8 nitrogen and oxygen atoms in total. The summed E-state index contributed by atoms with van der Waals surface area (Å²) in [5, 5.41) is 8.25. The van der Waals surface area contributed by atoms with Crippen molar-refractivity contribution in [1.82, 2.24) is 29.9 Å². The molecule has 1 aliphatic carbocycles. The lowest BCUT2D eigenvalue weighted by atomic mass is 9.87. The monoisotopic (exact) mass is 434 g/mol. The summed E-state index contributed by atoms with van der Waals surface area (Å²) in [5.74, 6) is 1.10. The maximum atomic E-state index is 13.1. The minimum atomic E-state index is -0.268. The van der Waals surface area contributed by atoms with Gasteiger partial charge in [0.1, 0.15) is 5.82 Å². The average Bonchev–Trinajstić information content (AvgIpc) is 3.24. The molecule has 0 spiro atoms. The van der Waals surface area contributed by atoms with Crippen molar-refractivity contribution in [2.75, 3.05) is 13.1 Å². The molecule has 0 unspecified atom stereocenters. The molecular weight excluding hydrogens is 404 g/mol. The van der Waals surface area contributed by atoms with Gasteiger partial charge in [0.2, 0.25) is 5.91 Å². The first-order valence-corrected chi connectivity index (χ1v) is 11.8. The van der Waals surface area contributed by atoms with E-state index < -0.39 is 0 Å². The molecule has 2 aliphatic rings. The molecule has 2 fully saturated rings. The number of carbonyl (C=O) groups excluding carboxylic acids is 1. The predicted octanol–water partition coefficient (Wildman–Crippen LogP) is 3.16. The number of rotatable bonds is 4. The van der Waals surface area contributed by atoms with E-state index in [4.69, 9.17) is 4.98 Å². The van der Waals surface area contributed by atoms with Gasteiger partial charge in [0.05, 0.1) is 6.54 Å². The standard InChI is InChI=1S/C24H30N6O2/c1-16-9-11-17(12-10-16)14-30-22-20(27-28-30)23(31)26-21(25-22)19-8-5-13-29(15-19)24(32)18-6-3-2-4-7-18/h9-12,18-19H,2-8,13-15H2,1H3,(H,25,26,31)/t19-/m0/s1. The summed E-state index contributed by atoms with van der Waals surface area (Å²) in [4.78, 5) is 35.5. The zero-order chi connectivity index (χ0) is 22.1. The molecule has 1 saturated carbocycles. The van der Waals surface area contributed by atoms with Gasteiger partial charge in [0.15, 0.2) is 11.2 Å². The highest BCUT2D eigenvalue weighted by atomic mass is 16.2. The number of fused-ring (bicyclic) bond motifs is 1. The van der Waals surface area contributed by atoms with Crippen molar-refractivity contribution in [1.29, 1.82) is 0 Å². The van der Waals surface area contributed by atoms with Crippen LogP contribution in [0, 0.1) is 12.8 Å². The van der Waals surface area contributed by atoms with Crippen LogP contribution in [0.5, 0.6) is 0 Å². The second-order valence-corrected chi connectivity index (χ2v) is 9.31. The van der Waals surface area contributed by atoms with Gasteiger partial charge in [-0.2, -0.15) is 0 Å². The molecule has 32 heavy (non-hydrogen) atoms. The number of hydrogen-bond acceptors (Lipinski definition) is 5. The minimum absolute atomic E-state index is 0.0242. The number of hydrogen-bond donors (Lipinski definition) is 1. The van der Waals surface area contributed by atoms with Gasteiger partial charge in [-0.25, -0.2) is 9.67 Å². The summed E-state index contributed by atoms with van der Waals surface area (Å²) in [6, 6.07) is 8.21. The minimum Gasteiger partial charge on any atom is -0.342 e. The summed E-state index contributed by atoms with van der Waals surface area (Å²) in [6.07, 6.45) is 7.38. The molecule has 8 heteroatoms. The van der Waals surface area contributed by atoms with Crippen LogP contribution in [0.15, 0.2) is 29.1 Å². The fourth-order valence-corrected chi connectivity index (χ4v) is 5.06. The highest BCUT2D eigenvalue weighted by Gasteiger charge is 2.31. The lowest BCUT2D eigenvalue weighted by Gasteiger charge is -2.35. The van der Waals surface area contributed by atoms with Crippen LogP contribution in [0.2, 0.25) is 0 Å². The molecule has 1 N–H and O–H groups in total. The molecule has 1 saturated heterocycles. The number of H-pyrrole nitrogens is 1. The smallest absolute Gasteiger partial charge is 0.281 e. The van der Waals surface area contributed by atoms with Crippen LogP contribution in [0.25, 0.3) is 11.2 Å². The lowest BCUT2D eigenvalue weighted by Crippen LogP contribution is -2.43. The third-order valence-corrected chi connectivity index (χ3v) is 6.92. The third-order valence-electron chi connectivity index (χ3n) is 6.92. The van der Waals surface area contributed by atoms with Gasteiger partial charge < -0.3 is 9.88 Å². The fourth-order valence-electron chi connectivity index (χ4n) is 5.06. The first kappa shape index (κ1) is 20.8. The van der Waals surface area contributed by atoms with E-state index in [0.717, 1.165) is 50.6 Å². The first-order valence-electron chi connectivity index (χ1n) is 11.8. The largest absolute Gasteiger partial charge is 0.342 e. The van der Waals surface area contributed by atoms with Crippen molar-refractivity contribution >= 4 is 17.1 Å². The van der Waals surface area contributed by atoms with E-state index in [2.05, 4.69) is 34.4 Å². The van der Waals surface area contributed by atoms with Gasteiger partial charge in [-0.1, -0.05) is 54.3 Å². The van der Waals surface area contributed by atoms with Crippen molar-refractivity contribution in [3.05, 3.63) is 51.6 Å². The van der Waals surface area contributed by atoms with E-state index in [1.165, 1.54) is 12.0 Å². The first-order chi connectivity index (χ1) is 15.6. The van der Waals surface area contributed by atoms with Gasteiger partial charge in [0.25, 0.3) is 5.56 Å². The van der Waals surface area contributed by atoms with E-state index in [1.54, 1.807) is 4.68 Å². The molecule has 0 bridgehead atoms. The molecule has 3 heterocycles. The highest BCUT2D eigenvalue weighted by Crippen LogP contribution is 2.30. The van der Waals surface area contributed by atoms with Crippen LogP contribution >= 0.6 is 0 Å². The van der Waals surface area contributed by atoms with E-state index in [0.29, 0.717) is 24.6 Å². The van der Waals surface area contributed by atoms with Crippen LogP contribution in [0.1, 0.15) is 67.8 Å². The Labute approximate surface area is 187 Å². The Balaban J connectivity index is 1.39. The van der Waals surface area contributed by atoms with Gasteiger partial charge in [-0.05, 0) is 38.2 Å². The molecule has 168 valence electrons. The molecule has 1 amide bonds. The maximum absolute atomic E-state index is 13.1. The average molecular weight is 435 g/mol. The van der Waals surface area contributed by atoms with Crippen LogP contribution < -0.4 is 5.56 Å². The molecule has 2 aromatic heterocycles. The number of nitrogens with zero attached hydrogens (tertiary/aromatic N) is 5. The Morgan fingerprint density at radius 1 is 1.09 bits per heavy atom. The normalized spacial score (nSPS) is 20.0. The summed E-state index contributed by atoms with van der Waals surface area (Å²) in [6.45, 7) is 3.96. The Bertz CT molecular complexity index is 1160. The second-order valence-electron chi connectivity index (χ2n) is 9.31. The summed E-state index contributed by atoms with van der Waals surface area (Å²) < 4.78 is 1.69. The van der Waals surface area contributed by atoms with Crippen molar-refractivity contribution in [2.24, 2.45) is 5.92 Å². The van der Waals surface area contributed by atoms with Gasteiger partial charge in [-0.3, -0.25) is 9.59 Å².